The Morgan fingerprint density at radius 1 is 0.931 bits per heavy atom. The number of anilines is 5. The Labute approximate surface area is 172 Å². The van der Waals surface area contributed by atoms with Gasteiger partial charge in [0.25, 0.3) is 0 Å². The van der Waals surface area contributed by atoms with Crippen LogP contribution in [0, 0.1) is 25.2 Å². The normalized spacial score (nSPS) is 10.3. The van der Waals surface area contributed by atoms with Gasteiger partial charge in [0.1, 0.15) is 5.82 Å². The summed E-state index contributed by atoms with van der Waals surface area (Å²) >= 11 is 0. The van der Waals surface area contributed by atoms with Crippen LogP contribution in [-0.2, 0) is 0 Å². The Balaban J connectivity index is 1.80. The number of nitriles is 1. The largest absolute Gasteiger partial charge is 0.372 e. The number of hydrogen-bond donors (Lipinski definition) is 2. The van der Waals surface area contributed by atoms with Crippen LogP contribution in [0.1, 0.15) is 30.7 Å². The Morgan fingerprint density at radius 3 is 2.28 bits per heavy atom. The molecular formula is C23H26N6. The van der Waals surface area contributed by atoms with Crippen molar-refractivity contribution < 1.29 is 0 Å². The molecule has 1 aromatic heterocycles. The number of nitrogens with zero attached hydrogens (tertiary/aromatic N) is 4. The number of nitrogens with one attached hydrogen (secondary N) is 2. The van der Waals surface area contributed by atoms with Crippen LogP contribution in [0.4, 0.5) is 28.8 Å². The molecule has 148 valence electrons. The second kappa shape index (κ2) is 9.07. The van der Waals surface area contributed by atoms with Crippen molar-refractivity contribution in [2.75, 3.05) is 28.6 Å². The predicted molar refractivity (Wildman–Crippen MR) is 119 cm³/mol. The average Bonchev–Trinajstić information content (AvgIpc) is 2.71. The van der Waals surface area contributed by atoms with E-state index in [0.29, 0.717) is 11.5 Å². The van der Waals surface area contributed by atoms with Crippen LogP contribution in [0.15, 0.2) is 48.5 Å². The molecule has 3 rings (SSSR count). The minimum absolute atomic E-state index is 0.509. The highest BCUT2D eigenvalue weighted by molar-refractivity contribution is 5.66. The zero-order valence-corrected chi connectivity index (χ0v) is 17.3. The van der Waals surface area contributed by atoms with E-state index in [4.69, 9.17) is 5.26 Å². The summed E-state index contributed by atoms with van der Waals surface area (Å²) < 4.78 is 0. The zero-order chi connectivity index (χ0) is 20.8. The maximum atomic E-state index is 8.92. The van der Waals surface area contributed by atoms with Gasteiger partial charge in [0, 0.05) is 41.9 Å². The molecule has 0 unspecified atom stereocenters. The Kier molecular flexibility index (Phi) is 6.30. The molecule has 6 nitrogen and oxygen atoms in total. The van der Waals surface area contributed by atoms with Gasteiger partial charge in [-0.05, 0) is 75.7 Å². The van der Waals surface area contributed by atoms with Gasteiger partial charge in [-0.2, -0.15) is 10.2 Å². The highest BCUT2D eigenvalue weighted by Crippen LogP contribution is 2.26. The number of rotatable bonds is 7. The molecule has 2 N–H and O–H groups in total. The van der Waals surface area contributed by atoms with E-state index in [2.05, 4.69) is 70.5 Å². The molecule has 0 radical (unpaired) electrons. The van der Waals surface area contributed by atoms with Crippen molar-refractivity contribution in [3.63, 3.8) is 0 Å². The van der Waals surface area contributed by atoms with Gasteiger partial charge in [0.2, 0.25) is 5.95 Å². The van der Waals surface area contributed by atoms with E-state index in [9.17, 15) is 0 Å². The van der Waals surface area contributed by atoms with E-state index in [0.717, 1.165) is 41.5 Å². The Bertz CT molecular complexity index is 1020. The van der Waals surface area contributed by atoms with Crippen LogP contribution in [0.2, 0.25) is 0 Å². The molecule has 0 saturated heterocycles. The van der Waals surface area contributed by atoms with Crippen LogP contribution in [0.25, 0.3) is 0 Å². The van der Waals surface area contributed by atoms with E-state index < -0.39 is 0 Å². The standard InChI is InChI=1S/C23H26N6/c1-5-29(6-2)20-11-12-21(16(3)13-20)27-22-14-17(4)25-23(28-22)26-19-9-7-18(15-24)8-10-19/h7-14H,5-6H2,1-4H3,(H2,25,26,27,28). The smallest absolute Gasteiger partial charge is 0.229 e. The van der Waals surface area contributed by atoms with Crippen molar-refractivity contribution in [1.82, 2.24) is 9.97 Å². The molecule has 0 bridgehead atoms. The maximum Gasteiger partial charge on any atom is 0.229 e. The maximum absolute atomic E-state index is 8.92. The van der Waals surface area contributed by atoms with Crippen LogP contribution in [0.3, 0.4) is 0 Å². The first-order valence-corrected chi connectivity index (χ1v) is 9.78. The summed E-state index contributed by atoms with van der Waals surface area (Å²) in [6.07, 6.45) is 0. The fraction of sp³-hybridized carbons (Fsp3) is 0.261. The molecule has 0 aliphatic carbocycles. The first-order valence-electron chi connectivity index (χ1n) is 9.78. The van der Waals surface area contributed by atoms with Crippen molar-refractivity contribution in [3.8, 4) is 6.07 Å². The lowest BCUT2D eigenvalue weighted by Gasteiger charge is -2.22. The van der Waals surface area contributed by atoms with Crippen molar-refractivity contribution >= 4 is 28.8 Å². The highest BCUT2D eigenvalue weighted by atomic mass is 15.1. The monoisotopic (exact) mass is 386 g/mol. The van der Waals surface area contributed by atoms with Gasteiger partial charge in [0.05, 0.1) is 11.6 Å². The van der Waals surface area contributed by atoms with E-state index in [1.807, 2.05) is 25.1 Å². The topological polar surface area (TPSA) is 76.9 Å². The summed E-state index contributed by atoms with van der Waals surface area (Å²) in [5.41, 5.74) is 5.71. The van der Waals surface area contributed by atoms with E-state index in [1.165, 1.54) is 5.69 Å². The average molecular weight is 387 g/mol. The summed E-state index contributed by atoms with van der Waals surface area (Å²) in [6.45, 7) is 10.3. The molecule has 0 atom stereocenters. The number of hydrogen-bond acceptors (Lipinski definition) is 6. The van der Waals surface area contributed by atoms with Gasteiger partial charge >= 0.3 is 0 Å². The fourth-order valence-electron chi connectivity index (χ4n) is 3.16. The molecule has 0 amide bonds. The van der Waals surface area contributed by atoms with Crippen LogP contribution < -0.4 is 15.5 Å². The van der Waals surface area contributed by atoms with Gasteiger partial charge < -0.3 is 15.5 Å². The molecular weight excluding hydrogens is 360 g/mol. The van der Waals surface area contributed by atoms with Gasteiger partial charge in [-0.15, -0.1) is 0 Å². The Morgan fingerprint density at radius 2 is 1.66 bits per heavy atom. The third-order valence-corrected chi connectivity index (χ3v) is 4.73. The lowest BCUT2D eigenvalue weighted by atomic mass is 10.1. The first kappa shape index (κ1) is 20.2. The van der Waals surface area contributed by atoms with E-state index in [-0.39, 0.29) is 0 Å². The molecule has 29 heavy (non-hydrogen) atoms. The minimum Gasteiger partial charge on any atom is -0.372 e. The third kappa shape index (κ3) is 5.02. The van der Waals surface area contributed by atoms with Crippen LogP contribution in [-0.4, -0.2) is 23.1 Å². The zero-order valence-electron chi connectivity index (χ0n) is 17.3. The minimum atomic E-state index is 0.509. The molecule has 3 aromatic rings. The van der Waals surface area contributed by atoms with Crippen LogP contribution >= 0.6 is 0 Å². The summed E-state index contributed by atoms with van der Waals surface area (Å²) in [5, 5.41) is 15.5. The molecule has 1 heterocycles. The van der Waals surface area contributed by atoms with E-state index in [1.54, 1.807) is 12.1 Å². The summed E-state index contributed by atoms with van der Waals surface area (Å²) in [6, 6.07) is 17.7. The van der Waals surface area contributed by atoms with Gasteiger partial charge in [0.15, 0.2) is 0 Å². The van der Waals surface area contributed by atoms with Gasteiger partial charge in [-0.25, -0.2) is 4.98 Å². The van der Waals surface area contributed by atoms with E-state index >= 15 is 0 Å². The molecule has 0 aliphatic heterocycles. The summed E-state index contributed by atoms with van der Waals surface area (Å²) in [5.74, 6) is 1.24. The molecule has 0 aliphatic rings. The second-order valence-electron chi connectivity index (χ2n) is 6.83. The number of aryl methyl sites for hydroxylation is 2. The summed E-state index contributed by atoms with van der Waals surface area (Å²) in [4.78, 5) is 11.4. The van der Waals surface area contributed by atoms with Gasteiger partial charge in [-0.1, -0.05) is 0 Å². The first-order chi connectivity index (χ1) is 14.0. The molecule has 6 heteroatoms. The predicted octanol–water partition coefficient (Wildman–Crippen LogP) is 5.30. The van der Waals surface area contributed by atoms with Crippen molar-refractivity contribution in [3.05, 3.63) is 65.4 Å². The summed E-state index contributed by atoms with van der Waals surface area (Å²) in [7, 11) is 0. The lowest BCUT2D eigenvalue weighted by Crippen LogP contribution is -2.21. The molecule has 0 fully saturated rings. The highest BCUT2D eigenvalue weighted by Gasteiger charge is 2.08. The quantitative estimate of drug-likeness (QED) is 0.574. The SMILES string of the molecule is CCN(CC)c1ccc(Nc2cc(C)nc(Nc3ccc(C#N)cc3)n2)c(C)c1. The number of aromatic nitrogens is 2. The lowest BCUT2D eigenvalue weighted by molar-refractivity contribution is 0.866. The van der Waals surface area contributed by atoms with Crippen molar-refractivity contribution in [1.29, 1.82) is 5.26 Å². The second-order valence-corrected chi connectivity index (χ2v) is 6.83. The van der Waals surface area contributed by atoms with Crippen molar-refractivity contribution in [2.24, 2.45) is 0 Å². The molecule has 0 saturated carbocycles. The van der Waals surface area contributed by atoms with Crippen LogP contribution in [0.5, 0.6) is 0 Å². The fourth-order valence-corrected chi connectivity index (χ4v) is 3.16. The van der Waals surface area contributed by atoms with Gasteiger partial charge in [-0.3, -0.25) is 0 Å². The Hall–Kier alpha value is -3.59. The van der Waals surface area contributed by atoms with Crippen molar-refractivity contribution in [2.45, 2.75) is 27.7 Å². The third-order valence-electron chi connectivity index (χ3n) is 4.73. The number of benzene rings is 2. The molecule has 2 aromatic carbocycles. The molecule has 0 spiro atoms.